The molecule has 4 heteroatoms. The van der Waals surface area contributed by atoms with Gasteiger partial charge in [0.25, 0.3) is 0 Å². The van der Waals surface area contributed by atoms with E-state index in [0.29, 0.717) is 11.1 Å². The van der Waals surface area contributed by atoms with Crippen LogP contribution in [0.5, 0.6) is 0 Å². The van der Waals surface area contributed by atoms with Crippen molar-refractivity contribution in [3.63, 3.8) is 0 Å². The summed E-state index contributed by atoms with van der Waals surface area (Å²) in [6, 6.07) is 14.8. The van der Waals surface area contributed by atoms with Crippen LogP contribution in [0.3, 0.4) is 0 Å². The summed E-state index contributed by atoms with van der Waals surface area (Å²) >= 11 is 0. The second kappa shape index (κ2) is 10.6. The van der Waals surface area contributed by atoms with E-state index in [2.05, 4.69) is 74.4 Å². The molecule has 3 aromatic carbocycles. The van der Waals surface area contributed by atoms with E-state index in [1.54, 1.807) is 24.3 Å². The molecule has 0 aliphatic heterocycles. The Labute approximate surface area is 242 Å². The van der Waals surface area contributed by atoms with E-state index in [4.69, 9.17) is 0 Å². The Morgan fingerprint density at radius 3 is 1.45 bits per heavy atom. The number of carbonyl (C=O) groups excluding carboxylic acids is 2. The van der Waals surface area contributed by atoms with Gasteiger partial charge < -0.3 is 4.57 Å². The lowest BCUT2D eigenvalue weighted by Crippen LogP contribution is -2.29. The zero-order valence-electron chi connectivity index (χ0n) is 26.8. The molecule has 1 unspecified atom stereocenters. The third-order valence-electron chi connectivity index (χ3n) is 8.10. The van der Waals surface area contributed by atoms with E-state index >= 15 is 9.36 Å². The highest BCUT2D eigenvalue weighted by atomic mass is 31.2. The average Bonchev–Trinajstić information content (AvgIpc) is 2.84. The molecule has 0 bridgehead atoms. The quantitative estimate of drug-likeness (QED) is 0.293. The highest BCUT2D eigenvalue weighted by Crippen LogP contribution is 2.54. The van der Waals surface area contributed by atoms with E-state index in [9.17, 15) is 4.79 Å². The molecule has 0 saturated heterocycles. The van der Waals surface area contributed by atoms with Gasteiger partial charge in [-0.1, -0.05) is 111 Å². The minimum atomic E-state index is -4.31. The lowest BCUT2D eigenvalue weighted by molar-refractivity contribution is 0.103. The Hall–Kier alpha value is -2.77. The Balaban J connectivity index is 2.53. The number of hydrogen-bond acceptors (Lipinski definition) is 3. The number of carbonyl (C=O) groups is 2. The summed E-state index contributed by atoms with van der Waals surface area (Å²) in [6.45, 7) is 26.7. The van der Waals surface area contributed by atoms with Gasteiger partial charge in [0.05, 0.1) is 0 Å². The Morgan fingerprint density at radius 1 is 0.575 bits per heavy atom. The lowest BCUT2D eigenvalue weighted by Gasteiger charge is -2.34. The van der Waals surface area contributed by atoms with Crippen LogP contribution in [0, 0.1) is 27.7 Å². The predicted octanol–water partition coefficient (Wildman–Crippen LogP) is 9.48. The first-order valence-electron chi connectivity index (χ1n) is 14.2. The minimum absolute atomic E-state index is 0.159. The molecule has 0 saturated carbocycles. The molecule has 0 amide bonds. The predicted molar refractivity (Wildman–Crippen MR) is 170 cm³/mol. The third kappa shape index (κ3) is 5.68. The van der Waals surface area contributed by atoms with Crippen LogP contribution in [0.4, 0.5) is 0 Å². The first-order chi connectivity index (χ1) is 18.1. The van der Waals surface area contributed by atoms with E-state index < -0.39 is 29.0 Å². The summed E-state index contributed by atoms with van der Waals surface area (Å²) < 4.78 is 15.5. The van der Waals surface area contributed by atoms with Crippen LogP contribution in [0.25, 0.3) is 0 Å². The maximum atomic E-state index is 15.5. The zero-order valence-corrected chi connectivity index (χ0v) is 27.7. The molecule has 214 valence electrons. The molecular weight excluding hydrogens is 511 g/mol. The monoisotopic (exact) mass is 558 g/mol. The van der Waals surface area contributed by atoms with Gasteiger partial charge in [-0.25, -0.2) is 0 Å². The van der Waals surface area contributed by atoms with Gasteiger partial charge >= 0.3 is 0 Å². The first kappa shape index (κ1) is 31.8. The van der Waals surface area contributed by atoms with Gasteiger partial charge in [0.1, 0.15) is 0 Å². The SMILES string of the molecule is Cc1cc(C)c(C(=O)P(=O)(C(=O)c2c(C(C)(C)C)cc(C(C)(C)C)cc2C(C)(C)C)c2ccccc2)c(C)c1C. The molecule has 0 N–H and O–H groups in total. The maximum absolute atomic E-state index is 15.5. The number of aryl methyl sites for hydroxylation is 2. The fourth-order valence-corrected chi connectivity index (χ4v) is 7.84. The van der Waals surface area contributed by atoms with E-state index in [0.717, 1.165) is 38.9 Å². The molecule has 3 rings (SSSR count). The second-order valence-corrected chi connectivity index (χ2v) is 16.9. The van der Waals surface area contributed by atoms with Crippen LogP contribution in [0.15, 0.2) is 48.5 Å². The van der Waals surface area contributed by atoms with Crippen molar-refractivity contribution in [2.75, 3.05) is 0 Å². The molecule has 0 aliphatic rings. The molecule has 0 aromatic heterocycles. The van der Waals surface area contributed by atoms with Crippen LogP contribution in [0.1, 0.15) is 122 Å². The molecule has 0 aliphatic carbocycles. The van der Waals surface area contributed by atoms with Crippen molar-refractivity contribution < 1.29 is 14.2 Å². The molecule has 3 nitrogen and oxygen atoms in total. The van der Waals surface area contributed by atoms with Crippen molar-refractivity contribution in [2.24, 2.45) is 0 Å². The van der Waals surface area contributed by atoms with E-state index in [1.807, 2.05) is 39.8 Å². The van der Waals surface area contributed by atoms with Crippen LogP contribution in [0.2, 0.25) is 0 Å². The van der Waals surface area contributed by atoms with Gasteiger partial charge in [-0.15, -0.1) is 0 Å². The smallest absolute Gasteiger partial charge is 0.248 e. The van der Waals surface area contributed by atoms with Crippen molar-refractivity contribution in [3.05, 3.63) is 98.6 Å². The maximum Gasteiger partial charge on any atom is 0.248 e. The Kier molecular flexibility index (Phi) is 8.39. The largest absolute Gasteiger partial charge is 0.302 e. The summed E-state index contributed by atoms with van der Waals surface area (Å²) in [7, 11) is -4.31. The lowest BCUT2D eigenvalue weighted by atomic mass is 9.72. The van der Waals surface area contributed by atoms with Gasteiger partial charge in [0.15, 0.2) is 0 Å². The summed E-state index contributed by atoms with van der Waals surface area (Å²) in [5.41, 5.74) is 4.97. The van der Waals surface area contributed by atoms with Crippen LogP contribution in [-0.4, -0.2) is 11.0 Å². The summed E-state index contributed by atoms with van der Waals surface area (Å²) in [6.07, 6.45) is 0. The van der Waals surface area contributed by atoms with E-state index in [1.165, 1.54) is 0 Å². The molecular formula is C36H47O3P. The fourth-order valence-electron chi connectivity index (χ4n) is 5.38. The van der Waals surface area contributed by atoms with Crippen molar-refractivity contribution in [2.45, 2.75) is 106 Å². The topological polar surface area (TPSA) is 51.2 Å². The second-order valence-electron chi connectivity index (χ2n) is 14.4. The van der Waals surface area contributed by atoms with E-state index in [-0.39, 0.29) is 10.7 Å². The average molecular weight is 559 g/mol. The molecule has 0 radical (unpaired) electrons. The van der Waals surface area contributed by atoms with Crippen LogP contribution < -0.4 is 5.30 Å². The van der Waals surface area contributed by atoms with Crippen molar-refractivity contribution in [1.82, 2.24) is 0 Å². The molecule has 0 fully saturated rings. The zero-order chi connectivity index (χ0) is 30.6. The number of hydrogen-bond donors (Lipinski definition) is 0. The van der Waals surface area contributed by atoms with Crippen LogP contribution in [-0.2, 0) is 20.8 Å². The van der Waals surface area contributed by atoms with Gasteiger partial charge in [0, 0.05) is 16.4 Å². The van der Waals surface area contributed by atoms with Crippen molar-refractivity contribution in [1.29, 1.82) is 0 Å². The number of benzene rings is 3. The normalized spacial score (nSPS) is 14.1. The van der Waals surface area contributed by atoms with Gasteiger partial charge in [-0.2, -0.15) is 0 Å². The molecule has 0 heterocycles. The molecule has 40 heavy (non-hydrogen) atoms. The van der Waals surface area contributed by atoms with Gasteiger partial charge in [-0.05, 0) is 82.9 Å². The number of rotatable bonds is 5. The molecule has 0 spiro atoms. The minimum Gasteiger partial charge on any atom is -0.302 e. The summed E-state index contributed by atoms with van der Waals surface area (Å²) in [5.74, 6) is 0. The standard InChI is InChI=1S/C36H47O3P/c1-22-19-23(2)30(25(4)24(22)3)32(37)40(39,27-17-15-14-16-18-27)33(38)31-28(35(8,9)10)20-26(34(5,6)7)21-29(31)36(11,12)13/h14-21H,1-13H3. The Morgan fingerprint density at radius 2 is 1.02 bits per heavy atom. The van der Waals surface area contributed by atoms with Crippen LogP contribution >= 0.6 is 7.14 Å². The fraction of sp³-hybridized carbons (Fsp3) is 0.444. The third-order valence-corrected chi connectivity index (χ3v) is 10.7. The summed E-state index contributed by atoms with van der Waals surface area (Å²) in [5, 5.41) is 0.279. The first-order valence-corrected chi connectivity index (χ1v) is 15.9. The highest BCUT2D eigenvalue weighted by Gasteiger charge is 2.47. The molecule has 1 atom stereocenters. The summed E-state index contributed by atoms with van der Waals surface area (Å²) in [4.78, 5) is 29.7. The highest BCUT2D eigenvalue weighted by molar-refractivity contribution is 8.01. The van der Waals surface area contributed by atoms with Gasteiger partial charge in [0.2, 0.25) is 18.2 Å². The Bertz CT molecular complexity index is 1490. The van der Waals surface area contributed by atoms with Crippen molar-refractivity contribution >= 4 is 23.5 Å². The van der Waals surface area contributed by atoms with Crippen molar-refractivity contribution in [3.8, 4) is 0 Å². The molecule has 3 aromatic rings. The van der Waals surface area contributed by atoms with Gasteiger partial charge in [-0.3, -0.25) is 9.59 Å².